The topological polar surface area (TPSA) is 82.0 Å². The van der Waals surface area contributed by atoms with Gasteiger partial charge in [0, 0.05) is 29.8 Å². The van der Waals surface area contributed by atoms with E-state index in [-0.39, 0.29) is 5.69 Å². The second-order valence-corrected chi connectivity index (χ2v) is 5.09. The minimum atomic E-state index is -0.409. The normalized spacial score (nSPS) is 10.4. The number of nitrogens with zero attached hydrogens (tertiary/aromatic N) is 2. The number of hydrogen-bond donors (Lipinski definition) is 1. The van der Waals surface area contributed by atoms with Crippen molar-refractivity contribution in [1.82, 2.24) is 4.98 Å². The van der Waals surface area contributed by atoms with Crippen molar-refractivity contribution in [2.24, 2.45) is 5.73 Å². The van der Waals surface area contributed by atoms with Gasteiger partial charge in [-0.25, -0.2) is 4.98 Å². The lowest BCUT2D eigenvalue weighted by Gasteiger charge is -2.06. The molecule has 0 fully saturated rings. The molecule has 98 valence electrons. The van der Waals surface area contributed by atoms with Crippen molar-refractivity contribution in [3.05, 3.63) is 57.8 Å². The number of rotatable bonds is 4. The molecular weight excluding hydrogens is 262 g/mol. The van der Waals surface area contributed by atoms with Crippen LogP contribution in [0.5, 0.6) is 0 Å². The molecule has 1 heterocycles. The van der Waals surface area contributed by atoms with Gasteiger partial charge in [0.25, 0.3) is 5.69 Å². The van der Waals surface area contributed by atoms with Crippen LogP contribution in [-0.4, -0.2) is 9.91 Å². The van der Waals surface area contributed by atoms with Crippen molar-refractivity contribution in [3.8, 4) is 0 Å². The molecular formula is C13H13N3O2S. The first-order chi connectivity index (χ1) is 9.10. The van der Waals surface area contributed by atoms with Crippen LogP contribution in [-0.2, 0) is 6.54 Å². The maximum Gasteiger partial charge on any atom is 0.269 e. The first kappa shape index (κ1) is 13.5. The maximum atomic E-state index is 10.6. The van der Waals surface area contributed by atoms with Crippen LogP contribution in [0.4, 0.5) is 5.69 Å². The minimum absolute atomic E-state index is 0.0903. The lowest BCUT2D eigenvalue weighted by molar-refractivity contribution is -0.384. The number of aryl methyl sites for hydroxylation is 1. The smallest absolute Gasteiger partial charge is 0.269 e. The van der Waals surface area contributed by atoms with E-state index in [0.717, 1.165) is 21.0 Å². The summed E-state index contributed by atoms with van der Waals surface area (Å²) in [5.41, 5.74) is 7.68. The first-order valence-electron chi connectivity index (χ1n) is 5.68. The van der Waals surface area contributed by atoms with Gasteiger partial charge < -0.3 is 5.73 Å². The van der Waals surface area contributed by atoms with Crippen molar-refractivity contribution < 1.29 is 4.92 Å². The van der Waals surface area contributed by atoms with Gasteiger partial charge in [0.05, 0.1) is 4.92 Å². The molecule has 0 saturated heterocycles. The standard InChI is InChI=1S/C13H13N3O2S/c1-9-6-10(7-14)8-15-13(9)19-12-4-2-11(3-5-12)16(17)18/h2-6,8H,7,14H2,1H3. The van der Waals surface area contributed by atoms with Crippen molar-refractivity contribution in [2.45, 2.75) is 23.4 Å². The SMILES string of the molecule is Cc1cc(CN)cnc1Sc1ccc([N+](=O)[O-])cc1. The van der Waals surface area contributed by atoms with Crippen LogP contribution in [0.1, 0.15) is 11.1 Å². The summed E-state index contributed by atoms with van der Waals surface area (Å²) in [7, 11) is 0. The quantitative estimate of drug-likeness (QED) is 0.685. The Morgan fingerprint density at radius 3 is 2.58 bits per heavy atom. The summed E-state index contributed by atoms with van der Waals surface area (Å²) in [6.07, 6.45) is 1.75. The van der Waals surface area contributed by atoms with Gasteiger partial charge in [-0.2, -0.15) is 0 Å². The number of benzene rings is 1. The average molecular weight is 275 g/mol. The Morgan fingerprint density at radius 1 is 1.37 bits per heavy atom. The first-order valence-corrected chi connectivity index (χ1v) is 6.49. The number of non-ortho nitro benzene ring substituents is 1. The molecule has 2 aromatic rings. The zero-order chi connectivity index (χ0) is 13.8. The summed E-state index contributed by atoms with van der Waals surface area (Å²) in [6.45, 7) is 2.44. The molecule has 0 aliphatic carbocycles. The van der Waals surface area contributed by atoms with Gasteiger partial charge in [0.15, 0.2) is 0 Å². The van der Waals surface area contributed by atoms with E-state index in [0.29, 0.717) is 6.54 Å². The summed E-state index contributed by atoms with van der Waals surface area (Å²) in [6, 6.07) is 8.43. The largest absolute Gasteiger partial charge is 0.326 e. The van der Waals surface area contributed by atoms with Crippen LogP contribution in [0.3, 0.4) is 0 Å². The number of aromatic nitrogens is 1. The highest BCUT2D eigenvalue weighted by atomic mass is 32.2. The van der Waals surface area contributed by atoms with Gasteiger partial charge in [0.2, 0.25) is 0 Å². The van der Waals surface area contributed by atoms with Crippen LogP contribution < -0.4 is 5.73 Å². The monoisotopic (exact) mass is 275 g/mol. The average Bonchev–Trinajstić information content (AvgIpc) is 2.41. The zero-order valence-electron chi connectivity index (χ0n) is 10.4. The van der Waals surface area contributed by atoms with Crippen molar-refractivity contribution in [1.29, 1.82) is 0 Å². The van der Waals surface area contributed by atoms with Gasteiger partial charge in [-0.3, -0.25) is 10.1 Å². The summed E-state index contributed by atoms with van der Waals surface area (Å²) in [4.78, 5) is 15.4. The van der Waals surface area contributed by atoms with E-state index in [1.807, 2.05) is 13.0 Å². The van der Waals surface area contributed by atoms with Gasteiger partial charge in [0.1, 0.15) is 5.03 Å². The van der Waals surface area contributed by atoms with Crippen LogP contribution >= 0.6 is 11.8 Å². The molecule has 5 nitrogen and oxygen atoms in total. The fourth-order valence-electron chi connectivity index (χ4n) is 1.59. The van der Waals surface area contributed by atoms with Gasteiger partial charge >= 0.3 is 0 Å². The Kier molecular flexibility index (Phi) is 4.13. The molecule has 6 heteroatoms. The van der Waals surface area contributed by atoms with E-state index in [1.165, 1.54) is 23.9 Å². The Labute approximate surface area is 115 Å². The highest BCUT2D eigenvalue weighted by molar-refractivity contribution is 7.99. The molecule has 1 aromatic heterocycles. The number of hydrogen-bond acceptors (Lipinski definition) is 5. The van der Waals surface area contributed by atoms with E-state index in [2.05, 4.69) is 4.98 Å². The molecule has 0 spiro atoms. The van der Waals surface area contributed by atoms with Gasteiger partial charge in [-0.1, -0.05) is 17.8 Å². The van der Waals surface area contributed by atoms with Crippen molar-refractivity contribution in [2.75, 3.05) is 0 Å². The van der Waals surface area contributed by atoms with Gasteiger partial charge in [-0.05, 0) is 30.2 Å². The summed E-state index contributed by atoms with van der Waals surface area (Å²) in [5, 5.41) is 11.5. The van der Waals surface area contributed by atoms with Crippen LogP contribution in [0, 0.1) is 17.0 Å². The fourth-order valence-corrected chi connectivity index (χ4v) is 2.41. The van der Waals surface area contributed by atoms with Crippen molar-refractivity contribution >= 4 is 17.4 Å². The number of pyridine rings is 1. The zero-order valence-corrected chi connectivity index (χ0v) is 11.2. The van der Waals surface area contributed by atoms with E-state index < -0.39 is 4.92 Å². The second-order valence-electron chi connectivity index (χ2n) is 4.02. The Morgan fingerprint density at radius 2 is 2.05 bits per heavy atom. The summed E-state index contributed by atoms with van der Waals surface area (Å²) in [5.74, 6) is 0. The van der Waals surface area contributed by atoms with Gasteiger partial charge in [-0.15, -0.1) is 0 Å². The Hall–Kier alpha value is -1.92. The summed E-state index contributed by atoms with van der Waals surface area (Å²) >= 11 is 1.48. The van der Waals surface area contributed by atoms with Crippen LogP contribution in [0.15, 0.2) is 46.5 Å². The Balaban J connectivity index is 2.19. The fraction of sp³-hybridized carbons (Fsp3) is 0.154. The molecule has 0 aliphatic rings. The molecule has 0 aliphatic heterocycles. The van der Waals surface area contributed by atoms with Crippen LogP contribution in [0.25, 0.3) is 0 Å². The minimum Gasteiger partial charge on any atom is -0.326 e. The van der Waals surface area contributed by atoms with E-state index >= 15 is 0 Å². The molecule has 2 rings (SSSR count). The number of nitro benzene ring substituents is 1. The highest BCUT2D eigenvalue weighted by Crippen LogP contribution is 2.29. The molecule has 0 radical (unpaired) electrons. The van der Waals surface area contributed by atoms with Crippen molar-refractivity contribution in [3.63, 3.8) is 0 Å². The van der Waals surface area contributed by atoms with E-state index in [1.54, 1.807) is 18.3 Å². The lowest BCUT2D eigenvalue weighted by Crippen LogP contribution is -1.98. The predicted octanol–water partition coefficient (Wildman–Crippen LogP) is 2.91. The third-order valence-corrected chi connectivity index (χ3v) is 3.71. The lowest BCUT2D eigenvalue weighted by atomic mass is 10.2. The molecule has 0 unspecified atom stereocenters. The second kappa shape index (κ2) is 5.81. The van der Waals surface area contributed by atoms with Crippen LogP contribution in [0.2, 0.25) is 0 Å². The molecule has 0 saturated carbocycles. The molecule has 0 atom stereocenters. The number of nitrogens with two attached hydrogens (primary N) is 1. The molecule has 19 heavy (non-hydrogen) atoms. The summed E-state index contributed by atoms with van der Waals surface area (Å²) < 4.78 is 0. The molecule has 2 N–H and O–H groups in total. The molecule has 0 bridgehead atoms. The number of nitro groups is 1. The van der Waals surface area contributed by atoms with E-state index in [4.69, 9.17) is 5.73 Å². The predicted molar refractivity (Wildman–Crippen MR) is 74.1 cm³/mol. The van der Waals surface area contributed by atoms with E-state index in [9.17, 15) is 10.1 Å². The maximum absolute atomic E-state index is 10.6. The third-order valence-electron chi connectivity index (χ3n) is 2.58. The third kappa shape index (κ3) is 3.30. The molecule has 0 amide bonds. The highest BCUT2D eigenvalue weighted by Gasteiger charge is 2.07. The Bertz CT molecular complexity index is 599. The molecule has 1 aromatic carbocycles.